The van der Waals surface area contributed by atoms with Crippen molar-refractivity contribution in [1.82, 2.24) is 0 Å². The van der Waals surface area contributed by atoms with Crippen molar-refractivity contribution in [2.75, 3.05) is 0 Å². The summed E-state index contributed by atoms with van der Waals surface area (Å²) in [5, 5.41) is 45.3. The SMILES string of the molecule is CC(C)CCCCC/C(C(=O)[O-])=C(\CCCCCC(C)C)C(=O)[O-].CC(C)CCCCC/C(C(=O)[O-])=C(\CCCCCC(C)C)C(=O)[O-].CCC[CH2][Sn+2][CH2]CCC.[CH3][Sn+2][CH3]. The molecule has 0 radical (unpaired) electrons. The fraction of sp³-hybridized carbons (Fsp3) is 0.840. The summed E-state index contributed by atoms with van der Waals surface area (Å²) < 4.78 is 3.25. The minimum absolute atomic E-state index is 0.0663. The molecule has 0 fully saturated rings. The molecule has 0 heterocycles. The topological polar surface area (TPSA) is 161 Å². The van der Waals surface area contributed by atoms with E-state index in [-0.39, 0.29) is 90.3 Å². The van der Waals surface area contributed by atoms with E-state index in [0.29, 0.717) is 49.4 Å². The van der Waals surface area contributed by atoms with Crippen LogP contribution in [0, 0.1) is 23.7 Å². The summed E-state index contributed by atoms with van der Waals surface area (Å²) >= 11 is 0.379. The predicted molar refractivity (Wildman–Crippen MR) is 248 cm³/mol. The van der Waals surface area contributed by atoms with Crippen molar-refractivity contribution in [3.05, 3.63) is 22.3 Å². The monoisotopic (exact) mass is 1060 g/mol. The predicted octanol–water partition coefficient (Wildman–Crippen LogP) is 9.91. The Morgan fingerprint density at radius 3 is 0.717 bits per heavy atom. The molecule has 0 aliphatic rings. The van der Waals surface area contributed by atoms with Gasteiger partial charge in [-0.15, -0.1) is 0 Å². The summed E-state index contributed by atoms with van der Waals surface area (Å²) in [6.07, 6.45) is 21.8. The van der Waals surface area contributed by atoms with E-state index < -0.39 is 23.9 Å². The first kappa shape index (κ1) is 65.6. The number of unbranched alkanes of at least 4 members (excludes halogenated alkanes) is 10. The molecule has 0 rings (SSSR count). The van der Waals surface area contributed by atoms with Gasteiger partial charge in [-0.1, -0.05) is 132 Å². The maximum absolute atomic E-state index is 11.3. The number of hydrogen-bond acceptors (Lipinski definition) is 8. The fourth-order valence-electron chi connectivity index (χ4n) is 6.36. The van der Waals surface area contributed by atoms with Crippen LogP contribution in [-0.4, -0.2) is 66.2 Å². The Morgan fingerprint density at radius 2 is 0.567 bits per heavy atom. The Balaban J connectivity index is -0.000000412. The van der Waals surface area contributed by atoms with E-state index in [2.05, 4.69) is 79.1 Å². The number of carboxylic acid groups (broad SMARTS) is 4. The van der Waals surface area contributed by atoms with Crippen LogP contribution in [0.5, 0.6) is 0 Å². The second-order valence-electron chi connectivity index (χ2n) is 18.0. The minimum atomic E-state index is -1.36. The Morgan fingerprint density at radius 1 is 0.367 bits per heavy atom. The molecule has 8 nitrogen and oxygen atoms in total. The molecule has 0 aromatic heterocycles. The molecule has 348 valence electrons. The molecule has 60 heavy (non-hydrogen) atoms. The second-order valence-corrected chi connectivity index (χ2v) is 25.1. The van der Waals surface area contributed by atoms with Gasteiger partial charge in [0.1, 0.15) is 0 Å². The van der Waals surface area contributed by atoms with Gasteiger partial charge < -0.3 is 39.6 Å². The van der Waals surface area contributed by atoms with E-state index in [1.165, 1.54) is 25.7 Å². The van der Waals surface area contributed by atoms with Gasteiger partial charge in [-0.2, -0.15) is 0 Å². The Kier molecular flexibility index (Phi) is 51.8. The van der Waals surface area contributed by atoms with Gasteiger partial charge in [0.15, 0.2) is 0 Å². The first-order valence-electron chi connectivity index (χ1n) is 23.9. The molecule has 0 aromatic rings. The molecule has 10 heteroatoms. The molecule has 0 atom stereocenters. The Labute approximate surface area is 391 Å². The van der Waals surface area contributed by atoms with Crippen LogP contribution in [0.2, 0.25) is 18.8 Å². The summed E-state index contributed by atoms with van der Waals surface area (Å²) in [4.78, 5) is 49.9. The van der Waals surface area contributed by atoms with Gasteiger partial charge >= 0.3 is 101 Å². The van der Waals surface area contributed by atoms with Crippen molar-refractivity contribution in [1.29, 1.82) is 0 Å². The molecule has 0 saturated carbocycles. The Bertz CT molecular complexity index is 952. The molecular weight excluding hydrogens is 966 g/mol. The maximum atomic E-state index is 11.3. The van der Waals surface area contributed by atoms with Crippen LogP contribution in [0.3, 0.4) is 0 Å². The van der Waals surface area contributed by atoms with Gasteiger partial charge in [-0.3, -0.25) is 0 Å². The van der Waals surface area contributed by atoms with Crippen LogP contribution in [0.1, 0.15) is 223 Å². The third-order valence-electron chi connectivity index (χ3n) is 9.96. The summed E-state index contributed by atoms with van der Waals surface area (Å²) in [6.45, 7) is 21.8. The molecule has 0 saturated heterocycles. The number of carbonyl (C=O) groups is 4. The standard InChI is InChI=1S/2C20H36O4.2C4H9.2CH3.2Sn/c2*1-15(2)11-7-5-9-13-17(19(21)22)18(20(23)24)14-10-6-8-12-16(3)4;2*1-3-4-2;;;;/h2*15-16H,5-14H2,1-4H3,(H,21,22)(H,23,24);2*1,3-4H2,2H3;2*1H3;;/q;;;;;;2*+2/p-4/b2*18-17-;;;;;;. The average molecular weight is 1060 g/mol. The van der Waals surface area contributed by atoms with Crippen molar-refractivity contribution < 1.29 is 39.6 Å². The van der Waals surface area contributed by atoms with Crippen LogP contribution in [0.15, 0.2) is 22.3 Å². The third kappa shape index (κ3) is 48.0. The van der Waals surface area contributed by atoms with E-state index in [4.69, 9.17) is 0 Å². The molecule has 0 bridgehead atoms. The van der Waals surface area contributed by atoms with E-state index in [9.17, 15) is 39.6 Å². The third-order valence-corrected chi connectivity index (χ3v) is 14.0. The van der Waals surface area contributed by atoms with Crippen LogP contribution in [0.4, 0.5) is 0 Å². The van der Waals surface area contributed by atoms with Gasteiger partial charge in [0, 0.05) is 0 Å². The molecule has 0 N–H and O–H groups in total. The number of aliphatic carboxylic acids is 4. The number of carbonyl (C=O) groups excluding carboxylic acids is 4. The zero-order valence-electron chi connectivity index (χ0n) is 41.0. The quantitative estimate of drug-likeness (QED) is 0.0350. The fourth-order valence-corrected chi connectivity index (χ4v) is 10.5. The van der Waals surface area contributed by atoms with Gasteiger partial charge in [-0.25, -0.2) is 0 Å². The molecule has 0 aliphatic heterocycles. The summed E-state index contributed by atoms with van der Waals surface area (Å²) in [6, 6.07) is 0. The molecule has 0 unspecified atom stereocenters. The van der Waals surface area contributed by atoms with E-state index in [0.717, 1.165) is 77.0 Å². The van der Waals surface area contributed by atoms with Gasteiger partial charge in [-0.05, 0) is 97.3 Å². The second kappa shape index (κ2) is 47.4. The van der Waals surface area contributed by atoms with Crippen molar-refractivity contribution in [3.63, 3.8) is 0 Å². The molecule has 0 aliphatic carbocycles. The van der Waals surface area contributed by atoms with Gasteiger partial charge in [0.05, 0.1) is 23.9 Å². The summed E-state index contributed by atoms with van der Waals surface area (Å²) in [5.74, 6) is -2.92. The summed E-state index contributed by atoms with van der Waals surface area (Å²) in [5.41, 5.74) is -0.265. The average Bonchev–Trinajstić information content (AvgIpc) is 3.15. The van der Waals surface area contributed by atoms with Crippen molar-refractivity contribution in [2.45, 2.75) is 242 Å². The molecule has 0 aromatic carbocycles. The van der Waals surface area contributed by atoms with Crippen molar-refractivity contribution in [2.24, 2.45) is 23.7 Å². The number of carboxylic acids is 4. The van der Waals surface area contributed by atoms with Crippen LogP contribution < -0.4 is 20.4 Å². The van der Waals surface area contributed by atoms with E-state index in [1.807, 2.05) is 0 Å². The molecule has 0 spiro atoms. The van der Waals surface area contributed by atoms with E-state index in [1.54, 1.807) is 8.87 Å². The molecule has 0 amide bonds. The van der Waals surface area contributed by atoms with Gasteiger partial charge in [0.25, 0.3) is 0 Å². The zero-order valence-corrected chi connectivity index (χ0v) is 46.7. The van der Waals surface area contributed by atoms with Crippen molar-refractivity contribution >= 4 is 66.2 Å². The van der Waals surface area contributed by atoms with Crippen LogP contribution in [-0.2, 0) is 19.2 Å². The van der Waals surface area contributed by atoms with Gasteiger partial charge in [0.2, 0.25) is 0 Å². The number of hydrogen-bond donors (Lipinski definition) is 0. The Hall–Kier alpha value is -1.04. The van der Waals surface area contributed by atoms with Crippen LogP contribution in [0.25, 0.3) is 0 Å². The number of rotatable bonds is 34. The zero-order chi connectivity index (χ0) is 46.7. The first-order chi connectivity index (χ1) is 28.3. The molecular formula is C50H92O8Sn2. The van der Waals surface area contributed by atoms with Crippen molar-refractivity contribution in [3.8, 4) is 0 Å². The first-order valence-corrected chi connectivity index (χ1v) is 33.7. The summed E-state index contributed by atoms with van der Waals surface area (Å²) in [7, 11) is 0. The van der Waals surface area contributed by atoms with Crippen LogP contribution >= 0.6 is 0 Å². The normalized spacial score (nSPS) is 11.6. The van der Waals surface area contributed by atoms with E-state index >= 15 is 0 Å².